The lowest BCUT2D eigenvalue weighted by atomic mass is 10.6. The van der Waals surface area contributed by atoms with Crippen molar-refractivity contribution in [3.05, 3.63) is 18.2 Å². The number of nitrogens with one attached hydrogen (secondary N) is 1. The number of aliphatic carboxylic acids is 1. The van der Waals surface area contributed by atoms with Gasteiger partial charge < -0.3 is 15.8 Å². The predicted octanol–water partition coefficient (Wildman–Crippen LogP) is 0.142. The van der Waals surface area contributed by atoms with E-state index in [1.807, 2.05) is 0 Å². The summed E-state index contributed by atoms with van der Waals surface area (Å²) in [5.41, 5.74) is 4.83. The maximum atomic E-state index is 10.6. The number of aromatic amines is 1. The second kappa shape index (κ2) is 4.98. The van der Waals surface area contributed by atoms with Crippen LogP contribution in [0.25, 0.3) is 0 Å². The molecular formula is C6H6F3N3O3. The minimum atomic E-state index is -5.08. The standard InChI is InChI=1S/C4H5N3O.C2HF3O2/c5-3(8)4-6-1-2-7-4;3-2(4,5)1(6)7/h1-2H,(H2,5,8)(H,6,7);(H,6,7). The first-order chi connectivity index (χ1) is 6.75. The molecule has 1 heterocycles. The van der Waals surface area contributed by atoms with Gasteiger partial charge in [0.15, 0.2) is 5.82 Å². The maximum absolute atomic E-state index is 10.6. The van der Waals surface area contributed by atoms with Gasteiger partial charge in [0, 0.05) is 12.4 Å². The highest BCUT2D eigenvalue weighted by Crippen LogP contribution is 2.13. The van der Waals surface area contributed by atoms with E-state index < -0.39 is 18.1 Å². The molecule has 1 aromatic rings. The molecule has 0 radical (unpaired) electrons. The summed E-state index contributed by atoms with van der Waals surface area (Å²) in [6, 6.07) is 0. The number of imidazole rings is 1. The van der Waals surface area contributed by atoms with Gasteiger partial charge in [-0.25, -0.2) is 9.78 Å². The molecule has 0 aliphatic carbocycles. The molecule has 1 rings (SSSR count). The molecule has 0 unspecified atom stereocenters. The number of halogens is 3. The fraction of sp³-hybridized carbons (Fsp3) is 0.167. The number of H-pyrrole nitrogens is 1. The fourth-order valence-electron chi connectivity index (χ4n) is 0.400. The number of carboxylic acids is 1. The molecule has 0 aliphatic heterocycles. The lowest BCUT2D eigenvalue weighted by molar-refractivity contribution is -0.192. The summed E-state index contributed by atoms with van der Waals surface area (Å²) in [4.78, 5) is 25.2. The molecular weight excluding hydrogens is 219 g/mol. The van der Waals surface area contributed by atoms with Crippen LogP contribution in [0.1, 0.15) is 10.6 Å². The molecule has 9 heteroatoms. The molecule has 0 atom stereocenters. The van der Waals surface area contributed by atoms with Crippen LogP contribution in [0.3, 0.4) is 0 Å². The van der Waals surface area contributed by atoms with E-state index in [1.165, 1.54) is 6.20 Å². The number of rotatable bonds is 1. The number of carboxylic acid groups (broad SMARTS) is 1. The maximum Gasteiger partial charge on any atom is 0.490 e. The van der Waals surface area contributed by atoms with E-state index in [9.17, 15) is 18.0 Å². The molecule has 4 N–H and O–H groups in total. The molecule has 84 valence electrons. The van der Waals surface area contributed by atoms with Crippen LogP contribution >= 0.6 is 0 Å². The molecule has 0 saturated carbocycles. The molecule has 0 spiro atoms. The third-order valence-corrected chi connectivity index (χ3v) is 0.974. The van der Waals surface area contributed by atoms with Crippen LogP contribution < -0.4 is 5.73 Å². The normalized spacial score (nSPS) is 10.1. The van der Waals surface area contributed by atoms with Crippen LogP contribution in [0.4, 0.5) is 13.2 Å². The summed E-state index contributed by atoms with van der Waals surface area (Å²) in [5, 5.41) is 7.12. The van der Waals surface area contributed by atoms with Crippen LogP contribution in [0.2, 0.25) is 0 Å². The van der Waals surface area contributed by atoms with E-state index in [0.29, 0.717) is 0 Å². The van der Waals surface area contributed by atoms with Crippen LogP contribution in [-0.2, 0) is 4.79 Å². The molecule has 15 heavy (non-hydrogen) atoms. The zero-order valence-electron chi connectivity index (χ0n) is 7.08. The number of amides is 1. The Morgan fingerprint density at radius 1 is 1.47 bits per heavy atom. The van der Waals surface area contributed by atoms with E-state index >= 15 is 0 Å². The van der Waals surface area contributed by atoms with Crippen LogP contribution in [0.5, 0.6) is 0 Å². The van der Waals surface area contributed by atoms with Crippen LogP contribution in [0, 0.1) is 0 Å². The number of alkyl halides is 3. The summed E-state index contributed by atoms with van der Waals surface area (Å²) in [6.45, 7) is 0. The van der Waals surface area contributed by atoms with Crippen molar-refractivity contribution in [1.82, 2.24) is 9.97 Å². The minimum absolute atomic E-state index is 0.199. The van der Waals surface area contributed by atoms with Gasteiger partial charge in [-0.3, -0.25) is 4.79 Å². The Hall–Kier alpha value is -2.06. The van der Waals surface area contributed by atoms with Crippen molar-refractivity contribution in [2.24, 2.45) is 5.73 Å². The Kier molecular flexibility index (Phi) is 4.30. The number of hydrogen-bond donors (Lipinski definition) is 3. The van der Waals surface area contributed by atoms with Crippen molar-refractivity contribution in [2.45, 2.75) is 6.18 Å². The molecule has 0 aromatic carbocycles. The van der Waals surface area contributed by atoms with Gasteiger partial charge in [-0.15, -0.1) is 0 Å². The molecule has 0 saturated heterocycles. The summed E-state index contributed by atoms with van der Waals surface area (Å²) < 4.78 is 31.7. The molecule has 0 fully saturated rings. The number of hydrogen-bond acceptors (Lipinski definition) is 3. The van der Waals surface area contributed by atoms with Crippen molar-refractivity contribution in [3.8, 4) is 0 Å². The highest BCUT2D eigenvalue weighted by molar-refractivity contribution is 5.88. The number of aromatic nitrogens is 2. The van der Waals surface area contributed by atoms with E-state index in [4.69, 9.17) is 15.6 Å². The SMILES string of the molecule is NC(=O)c1ncc[nH]1.O=C(O)C(F)(F)F. The number of carbonyl (C=O) groups is 2. The van der Waals surface area contributed by atoms with Crippen molar-refractivity contribution in [1.29, 1.82) is 0 Å². The highest BCUT2D eigenvalue weighted by Gasteiger charge is 2.38. The third kappa shape index (κ3) is 5.29. The summed E-state index contributed by atoms with van der Waals surface area (Å²) in [6.07, 6.45) is -2.07. The first-order valence-corrected chi connectivity index (χ1v) is 3.34. The Balaban J connectivity index is 0.000000265. The summed E-state index contributed by atoms with van der Waals surface area (Å²) in [5.74, 6) is -3.09. The van der Waals surface area contributed by atoms with Gasteiger partial charge >= 0.3 is 12.1 Å². The Morgan fingerprint density at radius 2 is 1.93 bits per heavy atom. The number of nitrogens with zero attached hydrogens (tertiary/aromatic N) is 1. The minimum Gasteiger partial charge on any atom is -0.475 e. The zero-order valence-corrected chi connectivity index (χ0v) is 7.08. The van der Waals surface area contributed by atoms with E-state index in [2.05, 4.69) is 9.97 Å². The summed E-state index contributed by atoms with van der Waals surface area (Å²) in [7, 11) is 0. The Labute approximate surface area is 80.9 Å². The first-order valence-electron chi connectivity index (χ1n) is 3.34. The fourth-order valence-corrected chi connectivity index (χ4v) is 0.400. The van der Waals surface area contributed by atoms with Crippen molar-refractivity contribution in [3.63, 3.8) is 0 Å². The Bertz CT molecular complexity index is 333. The van der Waals surface area contributed by atoms with Gasteiger partial charge in [0.2, 0.25) is 0 Å². The van der Waals surface area contributed by atoms with Gasteiger partial charge in [0.1, 0.15) is 0 Å². The van der Waals surface area contributed by atoms with Crippen LogP contribution in [-0.4, -0.2) is 33.1 Å². The monoisotopic (exact) mass is 225 g/mol. The quantitative estimate of drug-likeness (QED) is 0.631. The molecule has 1 amide bonds. The predicted molar refractivity (Wildman–Crippen MR) is 40.8 cm³/mol. The zero-order chi connectivity index (χ0) is 12.1. The molecule has 1 aromatic heterocycles. The Morgan fingerprint density at radius 3 is 2.07 bits per heavy atom. The highest BCUT2D eigenvalue weighted by atomic mass is 19.4. The van der Waals surface area contributed by atoms with Gasteiger partial charge in [-0.2, -0.15) is 13.2 Å². The lowest BCUT2D eigenvalue weighted by Crippen LogP contribution is -2.21. The third-order valence-electron chi connectivity index (χ3n) is 0.974. The molecule has 0 bridgehead atoms. The first kappa shape index (κ1) is 12.9. The van der Waals surface area contributed by atoms with E-state index in [1.54, 1.807) is 6.20 Å². The van der Waals surface area contributed by atoms with Crippen molar-refractivity contribution in [2.75, 3.05) is 0 Å². The van der Waals surface area contributed by atoms with Crippen LogP contribution in [0.15, 0.2) is 12.4 Å². The van der Waals surface area contributed by atoms with Crippen molar-refractivity contribution >= 4 is 11.9 Å². The largest absolute Gasteiger partial charge is 0.490 e. The van der Waals surface area contributed by atoms with E-state index in [0.717, 1.165) is 0 Å². The van der Waals surface area contributed by atoms with Crippen molar-refractivity contribution < 1.29 is 27.9 Å². The summed E-state index contributed by atoms with van der Waals surface area (Å²) >= 11 is 0. The van der Waals surface area contributed by atoms with Gasteiger partial charge in [0.25, 0.3) is 5.91 Å². The molecule has 0 aliphatic rings. The van der Waals surface area contributed by atoms with Gasteiger partial charge in [-0.05, 0) is 0 Å². The second-order valence-electron chi connectivity index (χ2n) is 2.10. The number of primary amides is 1. The average Bonchev–Trinajstić information content (AvgIpc) is 2.54. The second-order valence-corrected chi connectivity index (χ2v) is 2.10. The molecule has 6 nitrogen and oxygen atoms in total. The topological polar surface area (TPSA) is 109 Å². The smallest absolute Gasteiger partial charge is 0.475 e. The van der Waals surface area contributed by atoms with Gasteiger partial charge in [-0.1, -0.05) is 0 Å². The lowest BCUT2D eigenvalue weighted by Gasteiger charge is -1.93. The van der Waals surface area contributed by atoms with E-state index in [-0.39, 0.29) is 5.82 Å². The average molecular weight is 225 g/mol. The number of nitrogens with two attached hydrogens (primary N) is 1. The number of carbonyl (C=O) groups excluding carboxylic acids is 1. The van der Waals surface area contributed by atoms with Gasteiger partial charge in [0.05, 0.1) is 0 Å².